The third-order valence-corrected chi connectivity index (χ3v) is 3.29. The Balaban J connectivity index is 3.20. The topological polar surface area (TPSA) is 29.1 Å². The highest BCUT2D eigenvalue weighted by atomic mass is 79.9. The van der Waals surface area contributed by atoms with Crippen LogP contribution < -0.4 is 5.32 Å². The molecule has 0 aliphatic carbocycles. The van der Waals surface area contributed by atoms with Crippen LogP contribution in [0.5, 0.6) is 0 Å². The van der Waals surface area contributed by atoms with E-state index in [4.69, 9.17) is 0 Å². The molecular weight excluding hydrogens is 379 g/mol. The molecule has 0 aromatic heterocycles. The van der Waals surface area contributed by atoms with E-state index in [-0.39, 0.29) is 11.6 Å². The van der Waals surface area contributed by atoms with Crippen LogP contribution in [0.3, 0.4) is 0 Å². The quantitative estimate of drug-likeness (QED) is 0.771. The average molecular weight is 389 g/mol. The van der Waals surface area contributed by atoms with Gasteiger partial charge < -0.3 is 5.32 Å². The molecule has 0 heterocycles. The number of carbonyl (C=O) groups is 1. The molecule has 0 bridgehead atoms. The predicted octanol–water partition coefficient (Wildman–Crippen LogP) is 4.84. The van der Waals surface area contributed by atoms with Gasteiger partial charge in [0.15, 0.2) is 0 Å². The fourth-order valence-electron chi connectivity index (χ4n) is 1.37. The van der Waals surface area contributed by atoms with Gasteiger partial charge in [0.2, 0.25) is 0 Å². The fourth-order valence-corrected chi connectivity index (χ4v) is 2.72. The second-order valence-corrected chi connectivity index (χ2v) is 5.73. The average Bonchev–Trinajstić information content (AvgIpc) is 2.19. The minimum absolute atomic E-state index is 0.0256. The molecule has 1 N–H and O–H groups in total. The number of anilines is 1. The standard InChI is InChI=1S/C11H10Br2F3NO/c1-5(2)7-3-6(12)4-8(13)9(7)17-10(18)11(14,15)16/h3-5H,1-2H3,(H,17,18). The molecular formula is C11H10Br2F3NO. The van der Waals surface area contributed by atoms with Gasteiger partial charge in [-0.25, -0.2) is 0 Å². The second kappa shape index (κ2) is 5.61. The first-order valence-electron chi connectivity index (χ1n) is 5.00. The van der Waals surface area contributed by atoms with Gasteiger partial charge in [-0.2, -0.15) is 13.2 Å². The van der Waals surface area contributed by atoms with E-state index in [0.717, 1.165) is 4.47 Å². The van der Waals surface area contributed by atoms with Gasteiger partial charge in [0.25, 0.3) is 0 Å². The number of alkyl halides is 3. The van der Waals surface area contributed by atoms with Gasteiger partial charge in [-0.15, -0.1) is 0 Å². The van der Waals surface area contributed by atoms with E-state index >= 15 is 0 Å². The molecule has 0 spiro atoms. The van der Waals surface area contributed by atoms with E-state index in [2.05, 4.69) is 31.9 Å². The number of amides is 1. The number of carbonyl (C=O) groups excluding carboxylic acids is 1. The predicted molar refractivity (Wildman–Crippen MR) is 70.6 cm³/mol. The molecule has 100 valence electrons. The van der Waals surface area contributed by atoms with Gasteiger partial charge in [-0.3, -0.25) is 4.79 Å². The summed E-state index contributed by atoms with van der Waals surface area (Å²) in [6.45, 7) is 3.66. The number of nitrogens with one attached hydrogen (secondary N) is 1. The van der Waals surface area contributed by atoms with Crippen molar-refractivity contribution in [1.82, 2.24) is 0 Å². The van der Waals surface area contributed by atoms with Crippen molar-refractivity contribution in [2.75, 3.05) is 5.32 Å². The molecule has 0 saturated heterocycles. The summed E-state index contributed by atoms with van der Waals surface area (Å²) in [7, 11) is 0. The highest BCUT2D eigenvalue weighted by Gasteiger charge is 2.39. The Bertz CT molecular complexity index is 472. The van der Waals surface area contributed by atoms with Gasteiger partial charge in [-0.05, 0) is 39.5 Å². The van der Waals surface area contributed by atoms with Crippen LogP contribution in [0.15, 0.2) is 21.1 Å². The molecule has 7 heteroatoms. The molecule has 1 aromatic rings. The molecule has 0 atom stereocenters. The van der Waals surface area contributed by atoms with Crippen LogP contribution in [0.1, 0.15) is 25.3 Å². The third-order valence-electron chi connectivity index (χ3n) is 2.20. The molecule has 0 aliphatic heterocycles. The molecule has 1 rings (SSSR count). The number of hydrogen-bond acceptors (Lipinski definition) is 1. The van der Waals surface area contributed by atoms with E-state index in [0.29, 0.717) is 10.0 Å². The van der Waals surface area contributed by atoms with Crippen molar-refractivity contribution < 1.29 is 18.0 Å². The lowest BCUT2D eigenvalue weighted by Crippen LogP contribution is -2.30. The Morgan fingerprint density at radius 1 is 1.28 bits per heavy atom. The molecule has 0 saturated carbocycles. The zero-order valence-corrected chi connectivity index (χ0v) is 12.7. The summed E-state index contributed by atoms with van der Waals surface area (Å²) in [5.74, 6) is -2.00. The molecule has 0 fully saturated rings. The first-order valence-corrected chi connectivity index (χ1v) is 6.58. The highest BCUT2D eigenvalue weighted by molar-refractivity contribution is 9.11. The van der Waals surface area contributed by atoms with Gasteiger partial charge in [0.05, 0.1) is 5.69 Å². The van der Waals surface area contributed by atoms with Crippen LogP contribution in [0.4, 0.5) is 18.9 Å². The van der Waals surface area contributed by atoms with Crippen molar-refractivity contribution in [2.24, 2.45) is 0 Å². The Morgan fingerprint density at radius 3 is 2.28 bits per heavy atom. The number of rotatable bonds is 2. The smallest absolute Gasteiger partial charge is 0.317 e. The molecule has 2 nitrogen and oxygen atoms in total. The van der Waals surface area contributed by atoms with Crippen LogP contribution in [-0.2, 0) is 4.79 Å². The van der Waals surface area contributed by atoms with Crippen molar-refractivity contribution in [1.29, 1.82) is 0 Å². The van der Waals surface area contributed by atoms with Crippen LogP contribution in [-0.4, -0.2) is 12.1 Å². The highest BCUT2D eigenvalue weighted by Crippen LogP contribution is 2.35. The SMILES string of the molecule is CC(C)c1cc(Br)cc(Br)c1NC(=O)C(F)(F)F. The maximum absolute atomic E-state index is 12.2. The monoisotopic (exact) mass is 387 g/mol. The van der Waals surface area contributed by atoms with Crippen molar-refractivity contribution in [3.8, 4) is 0 Å². The first-order chi connectivity index (χ1) is 8.12. The first kappa shape index (κ1) is 15.5. The third kappa shape index (κ3) is 3.71. The van der Waals surface area contributed by atoms with E-state index < -0.39 is 12.1 Å². The summed E-state index contributed by atoms with van der Waals surface area (Å²) in [5.41, 5.74) is 0.768. The van der Waals surface area contributed by atoms with Crippen molar-refractivity contribution >= 4 is 43.5 Å². The molecule has 1 amide bonds. The van der Waals surface area contributed by atoms with E-state index in [1.165, 1.54) is 0 Å². The maximum Gasteiger partial charge on any atom is 0.471 e. The lowest BCUT2D eigenvalue weighted by molar-refractivity contribution is -0.167. The minimum Gasteiger partial charge on any atom is -0.317 e. The van der Waals surface area contributed by atoms with E-state index in [1.807, 2.05) is 19.2 Å². The second-order valence-electron chi connectivity index (χ2n) is 3.96. The molecule has 18 heavy (non-hydrogen) atoms. The number of hydrogen-bond donors (Lipinski definition) is 1. The Morgan fingerprint density at radius 2 is 1.83 bits per heavy atom. The van der Waals surface area contributed by atoms with Crippen LogP contribution in [0, 0.1) is 0 Å². The summed E-state index contributed by atoms with van der Waals surface area (Å²) in [6, 6.07) is 3.26. The molecule has 0 radical (unpaired) electrons. The number of halogens is 5. The van der Waals surface area contributed by atoms with Crippen LogP contribution >= 0.6 is 31.9 Å². The Hall–Kier alpha value is -0.560. The largest absolute Gasteiger partial charge is 0.471 e. The molecule has 0 unspecified atom stereocenters. The summed E-state index contributed by atoms with van der Waals surface area (Å²) < 4.78 is 37.9. The normalized spacial score (nSPS) is 11.8. The van der Waals surface area contributed by atoms with Crippen molar-refractivity contribution in [3.63, 3.8) is 0 Å². The van der Waals surface area contributed by atoms with Gasteiger partial charge in [0.1, 0.15) is 0 Å². The van der Waals surface area contributed by atoms with Crippen molar-refractivity contribution in [3.05, 3.63) is 26.6 Å². The molecule has 0 aliphatic rings. The van der Waals surface area contributed by atoms with Crippen LogP contribution in [0.2, 0.25) is 0 Å². The van der Waals surface area contributed by atoms with Gasteiger partial charge >= 0.3 is 12.1 Å². The van der Waals surface area contributed by atoms with Gasteiger partial charge in [-0.1, -0.05) is 29.8 Å². The lowest BCUT2D eigenvalue weighted by atomic mass is 10.0. The van der Waals surface area contributed by atoms with Crippen molar-refractivity contribution in [2.45, 2.75) is 25.9 Å². The zero-order valence-electron chi connectivity index (χ0n) is 9.53. The van der Waals surface area contributed by atoms with Gasteiger partial charge in [0, 0.05) is 8.95 Å². The van der Waals surface area contributed by atoms with E-state index in [9.17, 15) is 18.0 Å². The zero-order chi connectivity index (χ0) is 14.1. The Labute approximate surface area is 119 Å². The summed E-state index contributed by atoms with van der Waals surface area (Å²) >= 11 is 6.41. The van der Waals surface area contributed by atoms with Crippen LogP contribution in [0.25, 0.3) is 0 Å². The minimum atomic E-state index is -4.90. The maximum atomic E-state index is 12.2. The fraction of sp³-hybridized carbons (Fsp3) is 0.364. The molecule has 1 aromatic carbocycles. The number of benzene rings is 1. The van der Waals surface area contributed by atoms with E-state index in [1.54, 1.807) is 12.1 Å². The summed E-state index contributed by atoms with van der Waals surface area (Å²) in [5, 5.41) is 1.90. The summed E-state index contributed by atoms with van der Waals surface area (Å²) in [6.07, 6.45) is -4.90. The summed E-state index contributed by atoms with van der Waals surface area (Å²) in [4.78, 5) is 11.0. The lowest BCUT2D eigenvalue weighted by Gasteiger charge is -2.17. The Kier molecular flexibility index (Phi) is 4.83.